The van der Waals surface area contributed by atoms with Gasteiger partial charge in [0.15, 0.2) is 0 Å². The number of aromatic nitrogens is 2. The molecule has 1 heterocycles. The first kappa shape index (κ1) is 14.1. The minimum atomic E-state index is -0.399. The number of nitro benzene ring substituents is 1. The Hall–Kier alpha value is -2.24. The first-order chi connectivity index (χ1) is 11.6. The van der Waals surface area contributed by atoms with Gasteiger partial charge in [-0.3, -0.25) is 10.1 Å². The molecule has 0 radical (unpaired) electrons. The van der Waals surface area contributed by atoms with Gasteiger partial charge in [-0.15, -0.1) is 0 Å². The fourth-order valence-corrected chi connectivity index (χ4v) is 5.69. The van der Waals surface area contributed by atoms with E-state index in [4.69, 9.17) is 4.52 Å². The van der Waals surface area contributed by atoms with Crippen molar-refractivity contribution in [2.24, 2.45) is 17.8 Å². The predicted octanol–water partition coefficient (Wildman–Crippen LogP) is 4.11. The van der Waals surface area contributed by atoms with Gasteiger partial charge in [-0.25, -0.2) is 0 Å². The van der Waals surface area contributed by atoms with Crippen molar-refractivity contribution in [3.8, 4) is 11.4 Å². The van der Waals surface area contributed by atoms with E-state index in [-0.39, 0.29) is 11.1 Å². The van der Waals surface area contributed by atoms with Crippen molar-refractivity contribution in [3.63, 3.8) is 0 Å². The Kier molecular flexibility index (Phi) is 2.87. The molecule has 1 aromatic carbocycles. The lowest BCUT2D eigenvalue weighted by molar-refractivity contribution is -0.384. The SMILES string of the molecule is O=[N+]([O-])c1cccc(-c2noc(C34CC5CC(CC(C5)C3)C4)n2)c1. The number of nitrogens with zero attached hydrogens (tertiary/aromatic N) is 3. The van der Waals surface area contributed by atoms with Crippen LogP contribution in [0.2, 0.25) is 0 Å². The van der Waals surface area contributed by atoms with Gasteiger partial charge in [0.1, 0.15) is 0 Å². The molecule has 0 spiro atoms. The van der Waals surface area contributed by atoms with E-state index in [1.54, 1.807) is 12.1 Å². The second-order valence-electron chi connectivity index (χ2n) is 7.93. The topological polar surface area (TPSA) is 82.1 Å². The van der Waals surface area contributed by atoms with Crippen LogP contribution in [0.1, 0.15) is 44.4 Å². The Morgan fingerprint density at radius 1 is 1.12 bits per heavy atom. The molecule has 1 aromatic heterocycles. The van der Waals surface area contributed by atoms with Crippen LogP contribution in [0.4, 0.5) is 5.69 Å². The molecule has 6 nitrogen and oxygen atoms in total. The standard InChI is InChI=1S/C18H19N3O3/c22-21(23)15-3-1-2-14(7-15)16-19-17(24-20-16)18-8-11-4-12(9-18)6-13(5-11)10-18/h1-3,7,11-13H,4-6,8-10H2. The largest absolute Gasteiger partial charge is 0.338 e. The number of hydrogen-bond donors (Lipinski definition) is 0. The summed E-state index contributed by atoms with van der Waals surface area (Å²) in [7, 11) is 0. The lowest BCUT2D eigenvalue weighted by Gasteiger charge is -2.55. The van der Waals surface area contributed by atoms with Crippen LogP contribution in [0.15, 0.2) is 28.8 Å². The molecule has 2 aromatic rings. The van der Waals surface area contributed by atoms with E-state index < -0.39 is 4.92 Å². The lowest BCUT2D eigenvalue weighted by atomic mass is 9.49. The number of hydrogen-bond acceptors (Lipinski definition) is 5. The summed E-state index contributed by atoms with van der Waals surface area (Å²) < 4.78 is 5.67. The zero-order valence-electron chi connectivity index (χ0n) is 13.4. The van der Waals surface area contributed by atoms with Crippen molar-refractivity contribution in [3.05, 3.63) is 40.3 Å². The molecule has 6 rings (SSSR count). The van der Waals surface area contributed by atoms with Gasteiger partial charge in [-0.05, 0) is 56.3 Å². The molecule has 0 aliphatic heterocycles. The first-order valence-corrected chi connectivity index (χ1v) is 8.70. The Labute approximate surface area is 139 Å². The summed E-state index contributed by atoms with van der Waals surface area (Å²) in [5.41, 5.74) is 0.748. The summed E-state index contributed by atoms with van der Waals surface area (Å²) in [4.78, 5) is 15.2. The molecule has 0 N–H and O–H groups in total. The molecule has 4 bridgehead atoms. The summed E-state index contributed by atoms with van der Waals surface area (Å²) in [6.07, 6.45) is 7.59. The third-order valence-corrected chi connectivity index (χ3v) is 6.23. The van der Waals surface area contributed by atoms with E-state index in [1.165, 1.54) is 31.4 Å². The smallest absolute Gasteiger partial charge is 0.270 e. The fourth-order valence-electron chi connectivity index (χ4n) is 5.69. The minimum absolute atomic E-state index is 0.0497. The van der Waals surface area contributed by atoms with E-state index in [0.29, 0.717) is 11.4 Å². The third kappa shape index (κ3) is 2.08. The van der Waals surface area contributed by atoms with Crippen molar-refractivity contribution < 1.29 is 9.45 Å². The third-order valence-electron chi connectivity index (χ3n) is 6.23. The first-order valence-electron chi connectivity index (χ1n) is 8.70. The maximum absolute atomic E-state index is 11.0. The van der Waals surface area contributed by atoms with Crippen molar-refractivity contribution in [2.45, 2.75) is 43.9 Å². The summed E-state index contributed by atoms with van der Waals surface area (Å²) in [5, 5.41) is 15.1. The van der Waals surface area contributed by atoms with Crippen LogP contribution in [-0.2, 0) is 5.41 Å². The number of rotatable bonds is 3. The maximum atomic E-state index is 11.0. The van der Waals surface area contributed by atoms with E-state index >= 15 is 0 Å². The fraction of sp³-hybridized carbons (Fsp3) is 0.556. The predicted molar refractivity (Wildman–Crippen MR) is 86.2 cm³/mol. The maximum Gasteiger partial charge on any atom is 0.270 e. The van der Waals surface area contributed by atoms with Gasteiger partial charge in [0.25, 0.3) is 5.69 Å². The van der Waals surface area contributed by atoms with Gasteiger partial charge >= 0.3 is 0 Å². The normalized spacial score (nSPS) is 33.8. The van der Waals surface area contributed by atoms with Crippen LogP contribution in [0.25, 0.3) is 11.4 Å². The van der Waals surface area contributed by atoms with Gasteiger partial charge in [-0.1, -0.05) is 17.3 Å². The van der Waals surface area contributed by atoms with Gasteiger partial charge in [-0.2, -0.15) is 4.98 Å². The number of non-ortho nitro benzene ring substituents is 1. The second-order valence-corrected chi connectivity index (χ2v) is 7.93. The van der Waals surface area contributed by atoms with Gasteiger partial charge < -0.3 is 4.52 Å². The highest BCUT2D eigenvalue weighted by atomic mass is 16.6. The molecule has 0 saturated heterocycles. The Morgan fingerprint density at radius 2 is 1.79 bits per heavy atom. The molecular weight excluding hydrogens is 306 g/mol. The van der Waals surface area contributed by atoms with Crippen molar-refractivity contribution in [1.29, 1.82) is 0 Å². The highest BCUT2D eigenvalue weighted by molar-refractivity contribution is 5.58. The highest BCUT2D eigenvalue weighted by Crippen LogP contribution is 2.60. The van der Waals surface area contributed by atoms with Crippen molar-refractivity contribution >= 4 is 5.69 Å². The zero-order chi connectivity index (χ0) is 16.3. The quantitative estimate of drug-likeness (QED) is 0.626. The average Bonchev–Trinajstić information content (AvgIpc) is 3.04. The zero-order valence-corrected chi connectivity index (χ0v) is 13.4. The Morgan fingerprint density at radius 3 is 2.42 bits per heavy atom. The van der Waals surface area contributed by atoms with Crippen LogP contribution in [0.3, 0.4) is 0 Å². The molecule has 4 aliphatic rings. The summed E-state index contributed by atoms with van der Waals surface area (Å²) in [6, 6.07) is 6.44. The molecule has 6 heteroatoms. The van der Waals surface area contributed by atoms with E-state index in [9.17, 15) is 10.1 Å². The highest BCUT2D eigenvalue weighted by Gasteiger charge is 2.54. The molecule has 124 valence electrons. The molecule has 0 unspecified atom stereocenters. The van der Waals surface area contributed by atoms with Crippen LogP contribution in [-0.4, -0.2) is 15.1 Å². The average molecular weight is 325 g/mol. The number of nitro groups is 1. The van der Waals surface area contributed by atoms with E-state index in [0.717, 1.165) is 42.9 Å². The van der Waals surface area contributed by atoms with Crippen LogP contribution in [0, 0.1) is 27.9 Å². The summed E-state index contributed by atoms with van der Waals surface area (Å²) in [6.45, 7) is 0. The van der Waals surface area contributed by atoms with Gasteiger partial charge in [0, 0.05) is 17.7 Å². The van der Waals surface area contributed by atoms with Crippen molar-refractivity contribution in [1.82, 2.24) is 10.1 Å². The Bertz CT molecular complexity index is 778. The van der Waals surface area contributed by atoms with Gasteiger partial charge in [0.05, 0.1) is 10.3 Å². The summed E-state index contributed by atoms with van der Waals surface area (Å²) >= 11 is 0. The van der Waals surface area contributed by atoms with Crippen LogP contribution >= 0.6 is 0 Å². The van der Waals surface area contributed by atoms with E-state index in [2.05, 4.69) is 10.1 Å². The van der Waals surface area contributed by atoms with Crippen molar-refractivity contribution in [2.75, 3.05) is 0 Å². The Balaban J connectivity index is 1.50. The molecule has 4 fully saturated rings. The molecule has 4 saturated carbocycles. The molecule has 4 aliphatic carbocycles. The molecule has 0 atom stereocenters. The van der Waals surface area contributed by atoms with Gasteiger partial charge in [0.2, 0.25) is 11.7 Å². The molecule has 24 heavy (non-hydrogen) atoms. The molecule has 0 amide bonds. The van der Waals surface area contributed by atoms with E-state index in [1.807, 2.05) is 0 Å². The summed E-state index contributed by atoms with van der Waals surface area (Å²) in [5.74, 6) is 3.64. The lowest BCUT2D eigenvalue weighted by Crippen LogP contribution is -2.48. The minimum Gasteiger partial charge on any atom is -0.338 e. The van der Waals surface area contributed by atoms with Crippen LogP contribution in [0.5, 0.6) is 0 Å². The number of benzene rings is 1. The second kappa shape index (κ2) is 4.88. The monoisotopic (exact) mass is 325 g/mol. The van der Waals surface area contributed by atoms with Crippen LogP contribution < -0.4 is 0 Å². The molecular formula is C18H19N3O3.